The summed E-state index contributed by atoms with van der Waals surface area (Å²) in [6.45, 7) is 2.01. The molecule has 2 nitrogen and oxygen atoms in total. The zero-order chi connectivity index (χ0) is 12.3. The Morgan fingerprint density at radius 1 is 1.29 bits per heavy atom. The zero-order valence-corrected chi connectivity index (χ0v) is 10.9. The minimum atomic E-state index is -1.13. The lowest BCUT2D eigenvalue weighted by Crippen LogP contribution is -2.15. The lowest BCUT2D eigenvalue weighted by molar-refractivity contribution is 0.179. The van der Waals surface area contributed by atoms with Gasteiger partial charge >= 0.3 is 0 Å². The van der Waals surface area contributed by atoms with Crippen molar-refractivity contribution in [1.82, 2.24) is 0 Å². The molecule has 1 unspecified atom stereocenters. The van der Waals surface area contributed by atoms with Gasteiger partial charge in [-0.15, -0.1) is 0 Å². The summed E-state index contributed by atoms with van der Waals surface area (Å²) in [5.41, 5.74) is 2.10. The second kappa shape index (κ2) is 5.61. The number of aryl methyl sites for hydroxylation is 1. The Kier molecular flexibility index (Phi) is 4.13. The first-order chi connectivity index (χ1) is 8.16. The van der Waals surface area contributed by atoms with Gasteiger partial charge in [0.2, 0.25) is 0 Å². The Labute approximate surface area is 105 Å². The van der Waals surface area contributed by atoms with Crippen molar-refractivity contribution in [3.8, 4) is 0 Å². The van der Waals surface area contributed by atoms with E-state index in [0.717, 1.165) is 41.7 Å². The smallest absolute Gasteiger partial charge is 0.0776 e. The first-order valence-corrected chi connectivity index (χ1v) is 7.24. The van der Waals surface area contributed by atoms with Crippen molar-refractivity contribution < 1.29 is 9.32 Å². The van der Waals surface area contributed by atoms with E-state index in [1.54, 1.807) is 5.41 Å². The highest BCUT2D eigenvalue weighted by Gasteiger charge is 2.16. The molecule has 1 saturated carbocycles. The molecule has 0 bridgehead atoms. The van der Waals surface area contributed by atoms with Crippen molar-refractivity contribution >= 4 is 10.8 Å². The van der Waals surface area contributed by atoms with Crippen LogP contribution in [0.15, 0.2) is 40.1 Å². The van der Waals surface area contributed by atoms with E-state index in [4.69, 9.17) is 0 Å². The van der Waals surface area contributed by atoms with Crippen molar-refractivity contribution in [2.24, 2.45) is 0 Å². The van der Waals surface area contributed by atoms with Crippen LogP contribution in [0, 0.1) is 6.92 Å². The van der Waals surface area contributed by atoms with Crippen LogP contribution < -0.4 is 0 Å². The number of aliphatic hydroxyl groups is 1. The van der Waals surface area contributed by atoms with Crippen LogP contribution in [-0.2, 0) is 10.8 Å². The quantitative estimate of drug-likeness (QED) is 0.876. The zero-order valence-electron chi connectivity index (χ0n) is 10.1. The number of benzene rings is 1. The van der Waals surface area contributed by atoms with Crippen LogP contribution in [0.1, 0.15) is 31.2 Å². The standard InChI is InChI=1S/C14H18O2S/c1-11-6-8-13(9-7-11)17(16)10-12-4-2-3-5-14(12)15/h6-10,14-15H,2-5H2,1H3/b12-10-/t14-,17?/m0/s1. The molecule has 0 saturated heterocycles. The van der Waals surface area contributed by atoms with Crippen LogP contribution in [0.4, 0.5) is 0 Å². The highest BCUT2D eigenvalue weighted by Crippen LogP contribution is 2.25. The van der Waals surface area contributed by atoms with Crippen molar-refractivity contribution in [3.63, 3.8) is 0 Å². The molecular formula is C14H18O2S. The molecule has 0 aliphatic heterocycles. The predicted molar refractivity (Wildman–Crippen MR) is 70.1 cm³/mol. The fourth-order valence-corrected chi connectivity index (χ4v) is 3.12. The van der Waals surface area contributed by atoms with Gasteiger partial charge in [-0.25, -0.2) is 4.21 Å². The molecule has 1 aromatic rings. The molecule has 1 N–H and O–H groups in total. The summed E-state index contributed by atoms with van der Waals surface area (Å²) in [7, 11) is -1.13. The van der Waals surface area contributed by atoms with Gasteiger partial charge in [0, 0.05) is 10.3 Å². The molecule has 1 fully saturated rings. The molecule has 92 valence electrons. The lowest BCUT2D eigenvalue weighted by Gasteiger charge is -2.20. The summed E-state index contributed by atoms with van der Waals surface area (Å²) >= 11 is 0. The van der Waals surface area contributed by atoms with E-state index in [1.807, 2.05) is 31.2 Å². The van der Waals surface area contributed by atoms with Crippen LogP contribution >= 0.6 is 0 Å². The van der Waals surface area contributed by atoms with Crippen LogP contribution in [0.2, 0.25) is 0 Å². The highest BCUT2D eigenvalue weighted by atomic mass is 32.2. The molecule has 1 aliphatic carbocycles. The Hall–Kier alpha value is -0.930. The molecule has 0 spiro atoms. The minimum Gasteiger partial charge on any atom is -0.389 e. The van der Waals surface area contributed by atoms with E-state index >= 15 is 0 Å². The summed E-state index contributed by atoms with van der Waals surface area (Å²) in [4.78, 5) is 0.806. The molecular weight excluding hydrogens is 232 g/mol. The molecule has 0 heterocycles. The van der Waals surface area contributed by atoms with E-state index in [2.05, 4.69) is 0 Å². The van der Waals surface area contributed by atoms with Gasteiger partial charge in [0.15, 0.2) is 0 Å². The maximum absolute atomic E-state index is 12.1. The summed E-state index contributed by atoms with van der Waals surface area (Å²) in [5, 5.41) is 11.5. The topological polar surface area (TPSA) is 37.3 Å². The normalized spacial score (nSPS) is 24.8. The monoisotopic (exact) mass is 250 g/mol. The molecule has 1 aromatic carbocycles. The average molecular weight is 250 g/mol. The fraction of sp³-hybridized carbons (Fsp3) is 0.429. The van der Waals surface area contributed by atoms with E-state index in [-0.39, 0.29) is 0 Å². The molecule has 0 aromatic heterocycles. The van der Waals surface area contributed by atoms with Gasteiger partial charge in [-0.2, -0.15) is 0 Å². The van der Waals surface area contributed by atoms with Crippen LogP contribution in [0.5, 0.6) is 0 Å². The number of aliphatic hydroxyl groups excluding tert-OH is 1. The van der Waals surface area contributed by atoms with Crippen molar-refractivity contribution in [1.29, 1.82) is 0 Å². The molecule has 2 rings (SSSR count). The van der Waals surface area contributed by atoms with Crippen molar-refractivity contribution in [2.75, 3.05) is 0 Å². The molecule has 17 heavy (non-hydrogen) atoms. The SMILES string of the molecule is Cc1ccc(S(=O)/C=C2/CCCC[C@@H]2O)cc1. The van der Waals surface area contributed by atoms with E-state index < -0.39 is 16.9 Å². The van der Waals surface area contributed by atoms with E-state index in [1.165, 1.54) is 0 Å². The Balaban J connectivity index is 2.15. The second-order valence-corrected chi connectivity index (χ2v) is 5.87. The molecule has 0 radical (unpaired) electrons. The minimum absolute atomic E-state index is 0.391. The summed E-state index contributed by atoms with van der Waals surface area (Å²) < 4.78 is 12.1. The fourth-order valence-electron chi connectivity index (χ4n) is 2.03. The van der Waals surface area contributed by atoms with Gasteiger partial charge in [0.1, 0.15) is 0 Å². The third-order valence-corrected chi connectivity index (χ3v) is 4.39. The summed E-state index contributed by atoms with van der Waals surface area (Å²) in [5.74, 6) is 0. The average Bonchev–Trinajstić information content (AvgIpc) is 2.33. The molecule has 2 atom stereocenters. The van der Waals surface area contributed by atoms with E-state index in [0.29, 0.717) is 0 Å². The van der Waals surface area contributed by atoms with Gasteiger partial charge in [0.05, 0.1) is 16.9 Å². The van der Waals surface area contributed by atoms with Gasteiger partial charge < -0.3 is 5.11 Å². The Morgan fingerprint density at radius 3 is 2.65 bits per heavy atom. The molecule has 0 amide bonds. The maximum Gasteiger partial charge on any atom is 0.0776 e. The largest absolute Gasteiger partial charge is 0.389 e. The van der Waals surface area contributed by atoms with Crippen molar-refractivity contribution in [3.05, 3.63) is 40.8 Å². The van der Waals surface area contributed by atoms with Gasteiger partial charge in [0.25, 0.3) is 0 Å². The first kappa shape index (κ1) is 12.5. The number of hydrogen-bond acceptors (Lipinski definition) is 2. The Bertz CT molecular complexity index is 434. The number of rotatable bonds is 2. The highest BCUT2D eigenvalue weighted by molar-refractivity contribution is 7.88. The Morgan fingerprint density at radius 2 is 2.00 bits per heavy atom. The second-order valence-electron chi connectivity index (χ2n) is 4.56. The van der Waals surface area contributed by atoms with Gasteiger partial charge in [-0.1, -0.05) is 24.1 Å². The maximum atomic E-state index is 12.1. The lowest BCUT2D eigenvalue weighted by atomic mass is 9.94. The van der Waals surface area contributed by atoms with Crippen LogP contribution in [-0.4, -0.2) is 15.4 Å². The van der Waals surface area contributed by atoms with Crippen LogP contribution in [0.3, 0.4) is 0 Å². The molecule has 1 aliphatic rings. The molecule has 3 heteroatoms. The predicted octanol–water partition coefficient (Wildman–Crippen LogP) is 2.92. The summed E-state index contributed by atoms with van der Waals surface area (Å²) in [6.07, 6.45) is 3.44. The first-order valence-electron chi connectivity index (χ1n) is 6.03. The third kappa shape index (κ3) is 3.27. The van der Waals surface area contributed by atoms with Gasteiger partial charge in [-0.05, 0) is 43.9 Å². The summed E-state index contributed by atoms with van der Waals surface area (Å²) in [6, 6.07) is 7.70. The third-order valence-electron chi connectivity index (χ3n) is 3.13. The number of hydrogen-bond donors (Lipinski definition) is 1. The van der Waals surface area contributed by atoms with Crippen LogP contribution in [0.25, 0.3) is 0 Å². The van der Waals surface area contributed by atoms with E-state index in [9.17, 15) is 9.32 Å². The van der Waals surface area contributed by atoms with Gasteiger partial charge in [-0.3, -0.25) is 0 Å². The van der Waals surface area contributed by atoms with Crippen molar-refractivity contribution in [2.45, 2.75) is 43.6 Å².